The second-order valence-corrected chi connectivity index (χ2v) is 8.44. The minimum atomic E-state index is -4.57. The fourth-order valence-corrected chi connectivity index (χ4v) is 4.83. The van der Waals surface area contributed by atoms with Gasteiger partial charge in [0.1, 0.15) is 11.9 Å². The van der Waals surface area contributed by atoms with Gasteiger partial charge in [0.2, 0.25) is 11.8 Å². The van der Waals surface area contributed by atoms with E-state index in [4.69, 9.17) is 0 Å². The van der Waals surface area contributed by atoms with E-state index in [9.17, 15) is 22.8 Å². The Kier molecular flexibility index (Phi) is 5.27. The SMILES string of the molecule is Cc1cccc(N(C)C(=O)[C@@H]2C3CCCC3C(=O)N2c2cc(C(F)(F)F)cc(C)n2)c1. The number of hydrogen-bond donors (Lipinski definition) is 0. The largest absolute Gasteiger partial charge is 0.416 e. The van der Waals surface area contributed by atoms with Crippen molar-refractivity contribution in [1.29, 1.82) is 0 Å². The number of carbonyl (C=O) groups excluding carboxylic acids is 2. The van der Waals surface area contributed by atoms with Crippen LogP contribution in [0.1, 0.15) is 36.1 Å². The first-order valence-corrected chi connectivity index (χ1v) is 10.3. The molecule has 2 amide bonds. The zero-order valence-corrected chi connectivity index (χ0v) is 17.6. The molecule has 2 fully saturated rings. The van der Waals surface area contributed by atoms with Crippen molar-refractivity contribution >= 4 is 23.3 Å². The zero-order chi connectivity index (χ0) is 22.5. The molecule has 164 valence electrons. The molecule has 1 aromatic carbocycles. The highest BCUT2D eigenvalue weighted by atomic mass is 19.4. The average molecular weight is 431 g/mol. The molecule has 2 unspecified atom stereocenters. The van der Waals surface area contributed by atoms with Crippen molar-refractivity contribution in [3.8, 4) is 0 Å². The van der Waals surface area contributed by atoms with Crippen LogP contribution in [0.5, 0.6) is 0 Å². The lowest BCUT2D eigenvalue weighted by atomic mass is 9.92. The van der Waals surface area contributed by atoms with Crippen LogP contribution in [-0.4, -0.2) is 29.9 Å². The number of nitrogens with zero attached hydrogens (tertiary/aromatic N) is 3. The Morgan fingerprint density at radius 3 is 2.58 bits per heavy atom. The third kappa shape index (κ3) is 3.79. The quantitative estimate of drug-likeness (QED) is 0.719. The number of benzene rings is 1. The summed E-state index contributed by atoms with van der Waals surface area (Å²) in [6.07, 6.45) is -2.43. The fraction of sp³-hybridized carbons (Fsp3) is 0.435. The minimum Gasteiger partial charge on any atom is -0.314 e. The molecule has 2 heterocycles. The lowest BCUT2D eigenvalue weighted by Gasteiger charge is -2.30. The molecule has 1 aliphatic heterocycles. The highest BCUT2D eigenvalue weighted by Crippen LogP contribution is 2.46. The zero-order valence-electron chi connectivity index (χ0n) is 17.6. The standard InChI is InChI=1S/C23H24F3N3O2/c1-13-6-4-7-16(10-13)28(3)22(31)20-17-8-5-9-18(17)21(30)29(20)19-12-15(23(24,25)26)11-14(2)27-19/h4,6-7,10-12,17-18,20H,5,8-9H2,1-3H3/t17?,18?,20-/m0/s1. The number of halogens is 3. The second kappa shape index (κ2) is 7.66. The highest BCUT2D eigenvalue weighted by molar-refractivity contribution is 6.09. The van der Waals surface area contributed by atoms with E-state index in [-0.39, 0.29) is 35.2 Å². The van der Waals surface area contributed by atoms with E-state index in [1.807, 2.05) is 25.1 Å². The summed E-state index contributed by atoms with van der Waals surface area (Å²) >= 11 is 0. The normalized spacial score (nSPS) is 23.2. The van der Waals surface area contributed by atoms with Crippen molar-refractivity contribution in [2.75, 3.05) is 16.8 Å². The van der Waals surface area contributed by atoms with Gasteiger partial charge >= 0.3 is 6.18 Å². The number of rotatable bonds is 3. The number of fused-ring (bicyclic) bond motifs is 1. The third-order valence-electron chi connectivity index (χ3n) is 6.29. The Balaban J connectivity index is 1.77. The summed E-state index contributed by atoms with van der Waals surface area (Å²) in [5.74, 6) is -1.34. The van der Waals surface area contributed by atoms with Crippen LogP contribution >= 0.6 is 0 Å². The van der Waals surface area contributed by atoms with Gasteiger partial charge in [0.05, 0.1) is 5.56 Å². The lowest BCUT2D eigenvalue weighted by molar-refractivity contribution is -0.137. The van der Waals surface area contributed by atoms with Crippen LogP contribution in [-0.2, 0) is 15.8 Å². The summed E-state index contributed by atoms with van der Waals surface area (Å²) in [6, 6.07) is 8.35. The highest BCUT2D eigenvalue weighted by Gasteiger charge is 2.54. The minimum absolute atomic E-state index is 0.109. The number of carbonyl (C=O) groups is 2. The monoisotopic (exact) mass is 431 g/mol. The van der Waals surface area contributed by atoms with E-state index in [1.165, 1.54) is 16.7 Å². The number of likely N-dealkylation sites (N-methyl/N-ethyl adjacent to an activating group) is 1. The molecule has 2 aromatic rings. The fourth-order valence-electron chi connectivity index (χ4n) is 4.83. The molecule has 1 saturated heterocycles. The summed E-state index contributed by atoms with van der Waals surface area (Å²) in [5.41, 5.74) is 0.920. The van der Waals surface area contributed by atoms with Gasteiger partial charge in [-0.05, 0) is 56.5 Å². The first kappa shape index (κ1) is 21.3. The molecular formula is C23H24F3N3O2. The summed E-state index contributed by atoms with van der Waals surface area (Å²) in [5, 5.41) is 0. The van der Waals surface area contributed by atoms with Gasteiger partial charge in [-0.25, -0.2) is 4.98 Å². The van der Waals surface area contributed by atoms with Crippen LogP contribution in [0.25, 0.3) is 0 Å². The molecule has 1 aromatic heterocycles. The molecule has 1 aliphatic carbocycles. The summed E-state index contributed by atoms with van der Waals surface area (Å²) in [7, 11) is 1.63. The Morgan fingerprint density at radius 2 is 1.90 bits per heavy atom. The van der Waals surface area contributed by atoms with Crippen LogP contribution in [0.15, 0.2) is 36.4 Å². The molecule has 0 spiro atoms. The Morgan fingerprint density at radius 1 is 1.16 bits per heavy atom. The maximum absolute atomic E-state index is 13.6. The number of anilines is 2. The van der Waals surface area contributed by atoms with Crippen LogP contribution in [0.2, 0.25) is 0 Å². The second-order valence-electron chi connectivity index (χ2n) is 8.44. The maximum atomic E-state index is 13.6. The summed E-state index contributed by atoms with van der Waals surface area (Å²) in [4.78, 5) is 33.7. The van der Waals surface area contributed by atoms with E-state index >= 15 is 0 Å². The number of aromatic nitrogens is 1. The topological polar surface area (TPSA) is 53.5 Å². The lowest BCUT2D eigenvalue weighted by Crippen LogP contribution is -2.48. The summed E-state index contributed by atoms with van der Waals surface area (Å²) < 4.78 is 40.2. The number of pyridine rings is 1. The van der Waals surface area contributed by atoms with Crippen molar-refractivity contribution in [3.05, 3.63) is 53.2 Å². The molecule has 0 bridgehead atoms. The van der Waals surface area contributed by atoms with Crippen LogP contribution in [0.3, 0.4) is 0 Å². The van der Waals surface area contributed by atoms with Gasteiger partial charge in [-0.3, -0.25) is 14.5 Å². The molecule has 0 N–H and O–H groups in total. The van der Waals surface area contributed by atoms with Crippen molar-refractivity contribution in [1.82, 2.24) is 4.98 Å². The van der Waals surface area contributed by atoms with Crippen LogP contribution in [0.4, 0.5) is 24.7 Å². The number of amides is 2. The van der Waals surface area contributed by atoms with Gasteiger partial charge in [-0.15, -0.1) is 0 Å². The van der Waals surface area contributed by atoms with Gasteiger partial charge in [0.15, 0.2) is 0 Å². The average Bonchev–Trinajstić information content (AvgIpc) is 3.28. The molecule has 1 saturated carbocycles. The van der Waals surface area contributed by atoms with E-state index in [0.717, 1.165) is 24.1 Å². The predicted molar refractivity (Wildman–Crippen MR) is 111 cm³/mol. The molecule has 5 nitrogen and oxygen atoms in total. The molecule has 4 rings (SSSR count). The Bertz CT molecular complexity index is 1040. The van der Waals surface area contributed by atoms with Crippen LogP contribution in [0, 0.1) is 25.7 Å². The molecule has 2 aliphatic rings. The molecule has 0 radical (unpaired) electrons. The van der Waals surface area contributed by atoms with E-state index < -0.39 is 17.8 Å². The number of hydrogen-bond acceptors (Lipinski definition) is 3. The Labute approximate surface area is 178 Å². The van der Waals surface area contributed by atoms with Gasteiger partial charge in [0.25, 0.3) is 0 Å². The third-order valence-corrected chi connectivity index (χ3v) is 6.29. The first-order valence-electron chi connectivity index (χ1n) is 10.3. The molecular weight excluding hydrogens is 407 g/mol. The van der Waals surface area contributed by atoms with Crippen molar-refractivity contribution < 1.29 is 22.8 Å². The van der Waals surface area contributed by atoms with Crippen molar-refractivity contribution in [2.24, 2.45) is 11.8 Å². The van der Waals surface area contributed by atoms with Crippen molar-refractivity contribution in [2.45, 2.75) is 45.3 Å². The van der Waals surface area contributed by atoms with E-state index in [0.29, 0.717) is 18.5 Å². The first-order chi connectivity index (χ1) is 14.6. The molecule has 8 heteroatoms. The van der Waals surface area contributed by atoms with Gasteiger partial charge in [0, 0.05) is 30.3 Å². The van der Waals surface area contributed by atoms with Gasteiger partial charge in [-0.2, -0.15) is 13.2 Å². The summed E-state index contributed by atoms with van der Waals surface area (Å²) in [6.45, 7) is 3.37. The van der Waals surface area contributed by atoms with E-state index in [2.05, 4.69) is 4.98 Å². The number of aryl methyl sites for hydroxylation is 2. The molecule has 31 heavy (non-hydrogen) atoms. The Hall–Kier alpha value is -2.90. The van der Waals surface area contributed by atoms with Crippen LogP contribution < -0.4 is 9.80 Å². The smallest absolute Gasteiger partial charge is 0.314 e. The van der Waals surface area contributed by atoms with E-state index in [1.54, 1.807) is 13.1 Å². The predicted octanol–water partition coefficient (Wildman–Crippen LogP) is 4.51. The number of alkyl halides is 3. The molecule has 3 atom stereocenters. The van der Waals surface area contributed by atoms with Crippen molar-refractivity contribution in [3.63, 3.8) is 0 Å². The van der Waals surface area contributed by atoms with Gasteiger partial charge < -0.3 is 4.90 Å². The van der Waals surface area contributed by atoms with Gasteiger partial charge in [-0.1, -0.05) is 18.6 Å². The maximum Gasteiger partial charge on any atom is 0.416 e.